The molecule has 0 saturated carbocycles. The molecule has 0 radical (unpaired) electrons. The van der Waals surface area contributed by atoms with E-state index in [2.05, 4.69) is 10.6 Å². The maximum Gasteiger partial charge on any atom is 0.255 e. The molecule has 0 aliphatic heterocycles. The van der Waals surface area contributed by atoms with Crippen LogP contribution in [0.2, 0.25) is 0 Å². The SMILES string of the molecule is O=C(Nc1ccc(Oc2c(F)c(F)c(Oc3ccc(NC(=O)c4ccccc4)cc3)c(F)c2F)cc1)c1ccccc1. The zero-order valence-corrected chi connectivity index (χ0v) is 21.5. The van der Waals surface area contributed by atoms with E-state index in [4.69, 9.17) is 9.47 Å². The second-order valence-corrected chi connectivity index (χ2v) is 8.81. The minimum atomic E-state index is -1.81. The standard InChI is InChI=1S/C32H20F4N2O4/c33-25-27(35)30(42-24-17-13-22(14-18-24)38-32(40)20-9-5-2-6-10-20)28(36)26(34)29(25)41-23-15-11-21(12-16-23)37-31(39)19-7-3-1-4-8-19/h1-18H,(H,37,39)(H,38,40). The van der Waals surface area contributed by atoms with Gasteiger partial charge >= 0.3 is 0 Å². The van der Waals surface area contributed by atoms with Crippen molar-refractivity contribution in [2.24, 2.45) is 0 Å². The zero-order valence-electron chi connectivity index (χ0n) is 21.5. The molecule has 0 heterocycles. The highest BCUT2D eigenvalue weighted by Crippen LogP contribution is 2.39. The summed E-state index contributed by atoms with van der Waals surface area (Å²) in [5.41, 5.74) is 1.54. The van der Waals surface area contributed by atoms with Gasteiger partial charge in [-0.2, -0.15) is 17.6 Å². The van der Waals surface area contributed by atoms with E-state index in [1.165, 1.54) is 48.5 Å². The largest absolute Gasteiger partial charge is 0.451 e. The molecule has 42 heavy (non-hydrogen) atoms. The summed E-state index contributed by atoms with van der Waals surface area (Å²) >= 11 is 0. The molecule has 0 atom stereocenters. The normalized spacial score (nSPS) is 10.6. The van der Waals surface area contributed by atoms with Crippen LogP contribution in [-0.2, 0) is 0 Å². The Morgan fingerprint density at radius 3 is 1.07 bits per heavy atom. The second kappa shape index (κ2) is 12.3. The Kier molecular flexibility index (Phi) is 8.14. The summed E-state index contributed by atoms with van der Waals surface area (Å²) in [6, 6.07) is 27.4. The van der Waals surface area contributed by atoms with Crippen LogP contribution in [0.1, 0.15) is 20.7 Å². The van der Waals surface area contributed by atoms with E-state index in [0.717, 1.165) is 0 Å². The fourth-order valence-corrected chi connectivity index (χ4v) is 3.80. The Balaban J connectivity index is 1.27. The van der Waals surface area contributed by atoms with Crippen LogP contribution >= 0.6 is 0 Å². The first-order valence-electron chi connectivity index (χ1n) is 12.4. The number of carbonyl (C=O) groups is 2. The predicted molar refractivity (Wildman–Crippen MR) is 148 cm³/mol. The van der Waals surface area contributed by atoms with E-state index in [1.54, 1.807) is 60.7 Å². The summed E-state index contributed by atoms with van der Waals surface area (Å²) in [4.78, 5) is 24.6. The van der Waals surface area contributed by atoms with Gasteiger partial charge < -0.3 is 20.1 Å². The van der Waals surface area contributed by atoms with E-state index >= 15 is 0 Å². The average molecular weight is 573 g/mol. The number of ether oxygens (including phenoxy) is 2. The molecule has 0 saturated heterocycles. The van der Waals surface area contributed by atoms with E-state index in [-0.39, 0.29) is 23.3 Å². The predicted octanol–water partition coefficient (Wildman–Crippen LogP) is 8.33. The van der Waals surface area contributed by atoms with Crippen molar-refractivity contribution in [2.45, 2.75) is 0 Å². The molecule has 0 bridgehead atoms. The molecular formula is C32H20F4N2O4. The number of hydrogen-bond acceptors (Lipinski definition) is 4. The van der Waals surface area contributed by atoms with Crippen LogP contribution < -0.4 is 20.1 Å². The minimum Gasteiger partial charge on any atom is -0.451 e. The summed E-state index contributed by atoms with van der Waals surface area (Å²) < 4.78 is 69.4. The molecule has 0 spiro atoms. The maximum atomic E-state index is 14.8. The third-order valence-electron chi connectivity index (χ3n) is 5.92. The van der Waals surface area contributed by atoms with E-state index in [1.807, 2.05) is 0 Å². The van der Waals surface area contributed by atoms with Crippen molar-refractivity contribution in [3.63, 3.8) is 0 Å². The number of carbonyl (C=O) groups excluding carboxylic acids is 2. The van der Waals surface area contributed by atoms with Crippen LogP contribution in [0.5, 0.6) is 23.0 Å². The Hall–Kier alpha value is -5.64. The van der Waals surface area contributed by atoms with Crippen LogP contribution in [0.3, 0.4) is 0 Å². The summed E-state index contributed by atoms with van der Waals surface area (Å²) in [6.45, 7) is 0. The lowest BCUT2D eigenvalue weighted by Gasteiger charge is -2.14. The lowest BCUT2D eigenvalue weighted by atomic mass is 10.2. The van der Waals surface area contributed by atoms with Gasteiger partial charge in [0.1, 0.15) is 11.5 Å². The molecule has 210 valence electrons. The van der Waals surface area contributed by atoms with Gasteiger partial charge in [-0.3, -0.25) is 9.59 Å². The van der Waals surface area contributed by atoms with Gasteiger partial charge in [0.2, 0.25) is 34.8 Å². The lowest BCUT2D eigenvalue weighted by molar-refractivity contribution is 0.101. The van der Waals surface area contributed by atoms with Crippen molar-refractivity contribution in [3.05, 3.63) is 144 Å². The van der Waals surface area contributed by atoms with E-state index in [0.29, 0.717) is 22.5 Å². The van der Waals surface area contributed by atoms with Gasteiger partial charge in [-0.25, -0.2) is 0 Å². The van der Waals surface area contributed by atoms with Crippen molar-refractivity contribution in [3.8, 4) is 23.0 Å². The number of hydrogen-bond donors (Lipinski definition) is 2. The molecule has 0 aliphatic rings. The Morgan fingerprint density at radius 1 is 0.452 bits per heavy atom. The van der Waals surface area contributed by atoms with Gasteiger partial charge in [0.25, 0.3) is 11.8 Å². The Labute approximate surface area is 237 Å². The highest BCUT2D eigenvalue weighted by molar-refractivity contribution is 6.04. The molecule has 5 aromatic carbocycles. The third kappa shape index (κ3) is 6.23. The Morgan fingerprint density at radius 2 is 0.762 bits per heavy atom. The summed E-state index contributed by atoms with van der Waals surface area (Å²) in [6.07, 6.45) is 0. The summed E-state index contributed by atoms with van der Waals surface area (Å²) in [5, 5.41) is 5.28. The minimum absolute atomic E-state index is 0.147. The molecule has 0 aliphatic carbocycles. The van der Waals surface area contributed by atoms with Gasteiger partial charge in [-0.1, -0.05) is 36.4 Å². The van der Waals surface area contributed by atoms with Gasteiger partial charge in [0.05, 0.1) is 0 Å². The lowest BCUT2D eigenvalue weighted by Crippen LogP contribution is -2.11. The van der Waals surface area contributed by atoms with Crippen LogP contribution in [0.4, 0.5) is 28.9 Å². The van der Waals surface area contributed by atoms with Gasteiger partial charge in [0.15, 0.2) is 0 Å². The number of nitrogens with one attached hydrogen (secondary N) is 2. The molecular weight excluding hydrogens is 552 g/mol. The number of amides is 2. The first-order valence-corrected chi connectivity index (χ1v) is 12.4. The van der Waals surface area contributed by atoms with Crippen molar-refractivity contribution in [2.75, 3.05) is 10.6 Å². The number of benzene rings is 5. The van der Waals surface area contributed by atoms with Crippen LogP contribution in [0.25, 0.3) is 0 Å². The molecule has 10 heteroatoms. The zero-order chi connectivity index (χ0) is 29.6. The smallest absolute Gasteiger partial charge is 0.255 e. The summed E-state index contributed by atoms with van der Waals surface area (Å²) in [5.74, 6) is -10.9. The molecule has 0 fully saturated rings. The van der Waals surface area contributed by atoms with Crippen molar-refractivity contribution < 1.29 is 36.6 Å². The van der Waals surface area contributed by atoms with E-state index < -0.39 is 34.8 Å². The van der Waals surface area contributed by atoms with Gasteiger partial charge in [0, 0.05) is 22.5 Å². The number of anilines is 2. The molecule has 5 aromatic rings. The van der Waals surface area contributed by atoms with Gasteiger partial charge in [-0.15, -0.1) is 0 Å². The average Bonchev–Trinajstić information content (AvgIpc) is 3.03. The van der Waals surface area contributed by atoms with Crippen LogP contribution in [0.15, 0.2) is 109 Å². The monoisotopic (exact) mass is 572 g/mol. The second-order valence-electron chi connectivity index (χ2n) is 8.81. The summed E-state index contributed by atoms with van der Waals surface area (Å²) in [7, 11) is 0. The fraction of sp³-hybridized carbons (Fsp3) is 0. The van der Waals surface area contributed by atoms with Crippen LogP contribution in [0, 0.1) is 23.3 Å². The molecule has 0 unspecified atom stereocenters. The fourth-order valence-electron chi connectivity index (χ4n) is 3.80. The molecule has 2 N–H and O–H groups in total. The first kappa shape index (κ1) is 27.9. The van der Waals surface area contributed by atoms with Crippen molar-refractivity contribution in [1.29, 1.82) is 0 Å². The molecule has 0 aromatic heterocycles. The van der Waals surface area contributed by atoms with Gasteiger partial charge in [-0.05, 0) is 72.8 Å². The number of halogens is 4. The highest BCUT2D eigenvalue weighted by atomic mass is 19.2. The maximum absolute atomic E-state index is 14.8. The highest BCUT2D eigenvalue weighted by Gasteiger charge is 2.29. The van der Waals surface area contributed by atoms with Crippen molar-refractivity contribution >= 4 is 23.2 Å². The molecule has 6 nitrogen and oxygen atoms in total. The van der Waals surface area contributed by atoms with Crippen LogP contribution in [-0.4, -0.2) is 11.8 Å². The van der Waals surface area contributed by atoms with E-state index in [9.17, 15) is 27.2 Å². The number of rotatable bonds is 8. The topological polar surface area (TPSA) is 76.7 Å². The molecule has 2 amide bonds. The van der Waals surface area contributed by atoms with Crippen molar-refractivity contribution in [1.82, 2.24) is 0 Å². The Bertz CT molecular complexity index is 1570. The third-order valence-corrected chi connectivity index (χ3v) is 5.92. The first-order chi connectivity index (χ1) is 20.3. The molecule has 5 rings (SSSR count). The quantitative estimate of drug-likeness (QED) is 0.145.